The molecule has 0 unspecified atom stereocenters. The van der Waals surface area contributed by atoms with Gasteiger partial charge in [-0.3, -0.25) is 4.98 Å². The van der Waals surface area contributed by atoms with Crippen LogP contribution < -0.4 is 4.74 Å². The van der Waals surface area contributed by atoms with Crippen LogP contribution in [0.5, 0.6) is 11.8 Å². The van der Waals surface area contributed by atoms with Gasteiger partial charge in [-0.1, -0.05) is 0 Å². The normalized spacial score (nSPS) is 10.1. The number of halogens is 1. The average molecular weight is 313 g/mol. The van der Waals surface area contributed by atoms with Crippen LogP contribution in [0.2, 0.25) is 0 Å². The van der Waals surface area contributed by atoms with Crippen molar-refractivity contribution in [2.24, 2.45) is 0 Å². The Balaban J connectivity index is 2.09. The molecule has 0 aliphatic heterocycles. The Morgan fingerprint density at radius 3 is 3.06 bits per heavy atom. The van der Waals surface area contributed by atoms with Gasteiger partial charge in [0.25, 0.3) is 0 Å². The second-order valence-electron chi connectivity index (χ2n) is 3.16. The number of carbonyl (C=O) groups excluding carboxylic acids is 1. The molecule has 0 aliphatic rings. The molecule has 0 fully saturated rings. The van der Waals surface area contributed by atoms with Gasteiger partial charge in [0, 0.05) is 10.7 Å². The maximum atomic E-state index is 11.3. The van der Waals surface area contributed by atoms with Crippen LogP contribution in [0.25, 0.3) is 0 Å². The van der Waals surface area contributed by atoms with Crippen LogP contribution in [-0.4, -0.2) is 22.5 Å². The van der Waals surface area contributed by atoms with Gasteiger partial charge in [-0.25, -0.2) is 4.79 Å². The Labute approximate surface area is 111 Å². The smallest absolute Gasteiger partial charge is 0.399 e. The fraction of sp³-hybridized carbons (Fsp3) is 0.182. The average Bonchev–Trinajstić information content (AvgIpc) is 2.78. The lowest BCUT2D eigenvalue weighted by molar-refractivity contribution is 0.0519. The maximum absolute atomic E-state index is 11.3. The summed E-state index contributed by atoms with van der Waals surface area (Å²) < 4.78 is 15.8. The van der Waals surface area contributed by atoms with Crippen LogP contribution >= 0.6 is 15.9 Å². The number of oxazole rings is 1. The van der Waals surface area contributed by atoms with Crippen LogP contribution in [-0.2, 0) is 4.74 Å². The van der Waals surface area contributed by atoms with Crippen molar-refractivity contribution in [3.8, 4) is 11.8 Å². The highest BCUT2D eigenvalue weighted by molar-refractivity contribution is 9.10. The molecule has 2 heterocycles. The van der Waals surface area contributed by atoms with E-state index in [0.29, 0.717) is 5.75 Å². The van der Waals surface area contributed by atoms with Gasteiger partial charge in [0.15, 0.2) is 11.4 Å². The van der Waals surface area contributed by atoms with Crippen molar-refractivity contribution in [3.63, 3.8) is 0 Å². The molecule has 6 nitrogen and oxygen atoms in total. The molecule has 7 heteroatoms. The minimum atomic E-state index is -0.552. The van der Waals surface area contributed by atoms with E-state index in [1.165, 1.54) is 12.5 Å². The summed E-state index contributed by atoms with van der Waals surface area (Å²) >= 11 is 3.26. The molecule has 0 radical (unpaired) electrons. The summed E-state index contributed by atoms with van der Waals surface area (Å²) in [6.45, 7) is 1.99. The number of pyridine rings is 1. The highest BCUT2D eigenvalue weighted by Gasteiger charge is 2.14. The zero-order valence-electron chi connectivity index (χ0n) is 9.42. The van der Waals surface area contributed by atoms with Crippen molar-refractivity contribution in [1.29, 1.82) is 0 Å². The zero-order valence-corrected chi connectivity index (χ0v) is 11.0. The van der Waals surface area contributed by atoms with Crippen LogP contribution in [0.4, 0.5) is 0 Å². The minimum Gasteiger partial charge on any atom is -0.461 e. The van der Waals surface area contributed by atoms with Gasteiger partial charge in [0.05, 0.1) is 12.8 Å². The van der Waals surface area contributed by atoms with Gasteiger partial charge < -0.3 is 13.9 Å². The molecular weight excluding hydrogens is 304 g/mol. The van der Waals surface area contributed by atoms with E-state index >= 15 is 0 Å². The molecule has 2 aromatic heterocycles. The number of nitrogens with zero attached hydrogens (tertiary/aromatic N) is 2. The highest BCUT2D eigenvalue weighted by atomic mass is 79.9. The molecule has 0 aromatic carbocycles. The van der Waals surface area contributed by atoms with Crippen LogP contribution in [0.3, 0.4) is 0 Å². The maximum Gasteiger partial charge on any atom is 0.399 e. The molecule has 0 aliphatic carbocycles. The topological polar surface area (TPSA) is 74.5 Å². The van der Waals surface area contributed by atoms with E-state index in [0.717, 1.165) is 4.47 Å². The lowest BCUT2D eigenvalue weighted by Gasteiger charge is -1.99. The van der Waals surface area contributed by atoms with Crippen LogP contribution in [0.1, 0.15) is 17.4 Å². The second-order valence-corrected chi connectivity index (χ2v) is 4.08. The zero-order chi connectivity index (χ0) is 13.0. The summed E-state index contributed by atoms with van der Waals surface area (Å²) in [5.74, 6) is -0.106. The molecule has 0 N–H and O–H groups in total. The van der Waals surface area contributed by atoms with E-state index in [2.05, 4.69) is 25.9 Å². The van der Waals surface area contributed by atoms with Gasteiger partial charge in [0.1, 0.15) is 6.26 Å². The van der Waals surface area contributed by atoms with Crippen LogP contribution in [0, 0.1) is 0 Å². The summed E-state index contributed by atoms with van der Waals surface area (Å²) in [6, 6.07) is 1.70. The predicted octanol–water partition coefficient (Wildman–Crippen LogP) is 2.80. The molecule has 2 aromatic rings. The fourth-order valence-electron chi connectivity index (χ4n) is 1.15. The van der Waals surface area contributed by atoms with E-state index < -0.39 is 5.97 Å². The third kappa shape index (κ3) is 3.07. The second kappa shape index (κ2) is 5.63. The van der Waals surface area contributed by atoms with Gasteiger partial charge in [-0.2, -0.15) is 4.98 Å². The summed E-state index contributed by atoms with van der Waals surface area (Å²) in [5, 5.41) is 0. The quantitative estimate of drug-likeness (QED) is 0.808. The van der Waals surface area contributed by atoms with Gasteiger partial charge >= 0.3 is 12.0 Å². The van der Waals surface area contributed by atoms with Gasteiger partial charge in [-0.15, -0.1) is 0 Å². The van der Waals surface area contributed by atoms with Crippen LogP contribution in [0.15, 0.2) is 33.6 Å². The molecule has 0 saturated carbocycles. The van der Waals surface area contributed by atoms with E-state index in [9.17, 15) is 4.79 Å². The molecule has 0 bridgehead atoms. The third-order valence-electron chi connectivity index (χ3n) is 1.85. The monoisotopic (exact) mass is 312 g/mol. The van der Waals surface area contributed by atoms with E-state index in [1.54, 1.807) is 19.2 Å². The Bertz CT molecular complexity index is 555. The summed E-state index contributed by atoms with van der Waals surface area (Å²) in [7, 11) is 0. The van der Waals surface area contributed by atoms with E-state index in [4.69, 9.17) is 13.9 Å². The number of hydrogen-bond donors (Lipinski definition) is 0. The first-order chi connectivity index (χ1) is 8.69. The lowest BCUT2D eigenvalue weighted by Crippen LogP contribution is -2.04. The van der Waals surface area contributed by atoms with E-state index in [-0.39, 0.29) is 18.4 Å². The fourth-order valence-corrected chi connectivity index (χ4v) is 1.50. The Morgan fingerprint density at radius 1 is 1.50 bits per heavy atom. The summed E-state index contributed by atoms with van der Waals surface area (Å²) in [5.41, 5.74) is 0.0646. The van der Waals surface area contributed by atoms with Crippen molar-refractivity contribution < 1.29 is 18.7 Å². The first kappa shape index (κ1) is 12.6. The van der Waals surface area contributed by atoms with Gasteiger partial charge in [0.2, 0.25) is 0 Å². The lowest BCUT2D eigenvalue weighted by atomic mass is 10.5. The highest BCUT2D eigenvalue weighted by Crippen LogP contribution is 2.22. The number of aromatic nitrogens is 2. The number of carbonyl (C=O) groups is 1. The first-order valence-corrected chi connectivity index (χ1v) is 5.89. The molecule has 18 heavy (non-hydrogen) atoms. The third-order valence-corrected chi connectivity index (χ3v) is 2.29. The molecular formula is C11H9BrN2O4. The van der Waals surface area contributed by atoms with Crippen molar-refractivity contribution in [3.05, 3.63) is 34.9 Å². The molecule has 2 rings (SSSR count). The largest absolute Gasteiger partial charge is 0.461 e. The Hall–Kier alpha value is -1.89. The molecule has 0 amide bonds. The van der Waals surface area contributed by atoms with Crippen molar-refractivity contribution >= 4 is 21.9 Å². The van der Waals surface area contributed by atoms with Crippen molar-refractivity contribution in [2.45, 2.75) is 6.92 Å². The predicted molar refractivity (Wildman–Crippen MR) is 64.5 cm³/mol. The minimum absolute atomic E-state index is 0.0436. The number of hydrogen-bond acceptors (Lipinski definition) is 6. The number of esters is 1. The first-order valence-electron chi connectivity index (χ1n) is 5.10. The van der Waals surface area contributed by atoms with Crippen molar-refractivity contribution in [1.82, 2.24) is 9.97 Å². The standard InChI is InChI=1S/C11H9BrN2O4/c1-2-16-10(15)9-6-17-11(14-9)18-8-3-7(12)4-13-5-8/h3-6H,2H2,1H3. The summed E-state index contributed by atoms with van der Waals surface area (Å²) in [4.78, 5) is 19.1. The summed E-state index contributed by atoms with van der Waals surface area (Å²) in [6.07, 6.45) is 4.25. The number of ether oxygens (including phenoxy) is 2. The van der Waals surface area contributed by atoms with E-state index in [1.807, 2.05) is 0 Å². The Morgan fingerprint density at radius 2 is 2.33 bits per heavy atom. The molecule has 0 saturated heterocycles. The molecule has 0 spiro atoms. The molecule has 0 atom stereocenters. The molecule has 94 valence electrons. The Kier molecular flexibility index (Phi) is 3.93. The van der Waals surface area contributed by atoms with Gasteiger partial charge in [-0.05, 0) is 28.9 Å². The SMILES string of the molecule is CCOC(=O)c1coc(Oc2cncc(Br)c2)n1. The number of rotatable bonds is 4. The van der Waals surface area contributed by atoms with Crippen molar-refractivity contribution in [2.75, 3.05) is 6.61 Å².